The van der Waals surface area contributed by atoms with Gasteiger partial charge in [-0.25, -0.2) is 0 Å². The van der Waals surface area contributed by atoms with E-state index in [9.17, 15) is 57.8 Å². The highest BCUT2D eigenvalue weighted by Crippen LogP contribution is 2.39. The third-order valence-corrected chi connectivity index (χ3v) is 4.01. The van der Waals surface area contributed by atoms with E-state index >= 15 is 0 Å². The Kier molecular flexibility index (Phi) is 7.60. The lowest BCUT2D eigenvalue weighted by Gasteiger charge is -2.18. The number of hydrogen-bond donors (Lipinski definition) is 1. The molecule has 34 heavy (non-hydrogen) atoms. The van der Waals surface area contributed by atoms with Gasteiger partial charge in [0.05, 0.1) is 22.3 Å². The summed E-state index contributed by atoms with van der Waals surface area (Å²) in [7, 11) is 0. The number of rotatable bonds is 6. The van der Waals surface area contributed by atoms with Gasteiger partial charge in [-0.2, -0.15) is 52.7 Å². The van der Waals surface area contributed by atoms with Crippen molar-refractivity contribution in [3.63, 3.8) is 0 Å². The first-order valence-corrected chi connectivity index (χ1v) is 8.79. The molecule has 0 saturated heterocycles. The largest absolute Gasteiger partial charge is 0.491 e. The Morgan fingerprint density at radius 3 is 0.941 bits per heavy atom. The fraction of sp³-hybridized carbons (Fsp3) is 0.368. The topological polar surface area (TPSA) is 38.7 Å². The molecule has 2 rings (SSSR count). The minimum absolute atomic E-state index is 0.168. The molecule has 0 atom stereocenters. The second kappa shape index (κ2) is 9.43. The molecule has 0 aliphatic heterocycles. The smallest absolute Gasteiger partial charge is 0.416 e. The summed E-state index contributed by atoms with van der Waals surface area (Å²) in [5.74, 6) is -1.89. The van der Waals surface area contributed by atoms with Gasteiger partial charge in [-0.3, -0.25) is 0 Å². The predicted octanol–water partition coefficient (Wildman–Crippen LogP) is 6.58. The molecule has 0 amide bonds. The highest BCUT2D eigenvalue weighted by Gasteiger charge is 2.38. The SMILES string of the molecule is OC(COc1cc(C(F)(F)F)cc(C(F)(F)F)c1)COc1cc(C(F)(F)F)cc(C(F)(F)F)c1. The van der Waals surface area contributed by atoms with E-state index < -0.39 is 77.8 Å². The lowest BCUT2D eigenvalue weighted by molar-refractivity contribution is -0.144. The zero-order chi connectivity index (χ0) is 26.1. The minimum Gasteiger partial charge on any atom is -0.491 e. The van der Waals surface area contributed by atoms with E-state index in [-0.39, 0.29) is 36.4 Å². The summed E-state index contributed by atoms with van der Waals surface area (Å²) >= 11 is 0. The van der Waals surface area contributed by atoms with Gasteiger partial charge >= 0.3 is 24.7 Å². The number of halogens is 12. The quantitative estimate of drug-likeness (QED) is 0.441. The number of ether oxygens (including phenoxy) is 2. The van der Waals surface area contributed by atoms with Crippen molar-refractivity contribution in [3.8, 4) is 11.5 Å². The minimum atomic E-state index is -5.17. The summed E-state index contributed by atoms with van der Waals surface area (Å²) in [6.45, 7) is -1.99. The van der Waals surface area contributed by atoms with Crippen LogP contribution in [0.15, 0.2) is 36.4 Å². The average molecular weight is 516 g/mol. The van der Waals surface area contributed by atoms with Crippen molar-refractivity contribution in [2.24, 2.45) is 0 Å². The van der Waals surface area contributed by atoms with E-state index in [1.165, 1.54) is 0 Å². The maximum absolute atomic E-state index is 12.8. The van der Waals surface area contributed by atoms with Crippen LogP contribution in [-0.2, 0) is 24.7 Å². The van der Waals surface area contributed by atoms with Gasteiger partial charge in [-0.1, -0.05) is 0 Å². The molecule has 2 aromatic carbocycles. The normalized spacial score (nSPS) is 13.4. The molecule has 0 aromatic heterocycles. The third kappa shape index (κ3) is 7.60. The monoisotopic (exact) mass is 516 g/mol. The molecule has 1 N–H and O–H groups in total. The summed E-state index contributed by atoms with van der Waals surface area (Å²) in [4.78, 5) is 0. The third-order valence-electron chi connectivity index (χ3n) is 4.01. The van der Waals surface area contributed by atoms with Gasteiger partial charge < -0.3 is 14.6 Å². The molecule has 0 unspecified atom stereocenters. The van der Waals surface area contributed by atoms with Gasteiger partial charge in [0.25, 0.3) is 0 Å². The van der Waals surface area contributed by atoms with Crippen LogP contribution in [0.1, 0.15) is 22.3 Å². The summed E-state index contributed by atoms with van der Waals surface area (Å²) in [5.41, 5.74) is -6.81. The second-order valence-corrected chi connectivity index (χ2v) is 6.76. The van der Waals surface area contributed by atoms with Crippen molar-refractivity contribution in [1.82, 2.24) is 0 Å². The summed E-state index contributed by atoms with van der Waals surface area (Å²) in [6, 6.07) is 0.517. The van der Waals surface area contributed by atoms with Crippen LogP contribution in [0.2, 0.25) is 0 Å². The molecule has 0 aliphatic carbocycles. The Labute approximate surface area is 182 Å². The summed E-state index contributed by atoms with van der Waals surface area (Å²) in [5, 5.41) is 9.75. The van der Waals surface area contributed by atoms with Gasteiger partial charge in [-0.05, 0) is 36.4 Å². The highest BCUT2D eigenvalue weighted by atomic mass is 19.4. The predicted molar refractivity (Wildman–Crippen MR) is 89.9 cm³/mol. The van der Waals surface area contributed by atoms with E-state index in [1.807, 2.05) is 0 Å². The van der Waals surface area contributed by atoms with E-state index in [2.05, 4.69) is 0 Å². The van der Waals surface area contributed by atoms with Crippen molar-refractivity contribution in [2.45, 2.75) is 30.8 Å². The van der Waals surface area contributed by atoms with Crippen LogP contribution in [0.3, 0.4) is 0 Å². The van der Waals surface area contributed by atoms with Gasteiger partial charge in [0.1, 0.15) is 30.8 Å². The molecule has 2 aromatic rings. The van der Waals surface area contributed by atoms with E-state index in [1.54, 1.807) is 0 Å². The van der Waals surface area contributed by atoms with Gasteiger partial charge in [0.2, 0.25) is 0 Å². The fourth-order valence-electron chi connectivity index (χ4n) is 2.45. The first kappa shape index (κ1) is 27.4. The van der Waals surface area contributed by atoms with Gasteiger partial charge in [0, 0.05) is 0 Å². The van der Waals surface area contributed by atoms with Crippen molar-refractivity contribution < 1.29 is 67.3 Å². The number of hydrogen-bond acceptors (Lipinski definition) is 3. The Bertz CT molecular complexity index is 846. The molecule has 0 fully saturated rings. The van der Waals surface area contributed by atoms with Crippen molar-refractivity contribution in [2.75, 3.05) is 13.2 Å². The molecule has 0 heterocycles. The number of alkyl halides is 12. The molecule has 0 aliphatic rings. The zero-order valence-corrected chi connectivity index (χ0v) is 16.3. The maximum Gasteiger partial charge on any atom is 0.416 e. The fourth-order valence-corrected chi connectivity index (χ4v) is 2.45. The summed E-state index contributed by atoms with van der Waals surface area (Å²) < 4.78 is 163. The molecule has 190 valence electrons. The van der Waals surface area contributed by atoms with Crippen molar-refractivity contribution in [3.05, 3.63) is 58.7 Å². The average Bonchev–Trinajstić information content (AvgIpc) is 2.67. The van der Waals surface area contributed by atoms with Gasteiger partial charge in [-0.15, -0.1) is 0 Å². The van der Waals surface area contributed by atoms with E-state index in [0.29, 0.717) is 0 Å². The van der Waals surface area contributed by atoms with Crippen LogP contribution in [0.5, 0.6) is 11.5 Å². The van der Waals surface area contributed by atoms with Crippen LogP contribution in [0.4, 0.5) is 52.7 Å². The highest BCUT2D eigenvalue weighted by molar-refractivity contribution is 5.38. The van der Waals surface area contributed by atoms with Crippen LogP contribution >= 0.6 is 0 Å². The lowest BCUT2D eigenvalue weighted by Crippen LogP contribution is -2.25. The Morgan fingerprint density at radius 2 is 0.735 bits per heavy atom. The lowest BCUT2D eigenvalue weighted by atomic mass is 10.1. The van der Waals surface area contributed by atoms with Crippen LogP contribution in [0, 0.1) is 0 Å². The molecule has 0 radical (unpaired) electrons. The van der Waals surface area contributed by atoms with Crippen molar-refractivity contribution in [1.29, 1.82) is 0 Å². The summed E-state index contributed by atoms with van der Waals surface area (Å²) in [6.07, 6.45) is -22.5. The van der Waals surface area contributed by atoms with Crippen molar-refractivity contribution >= 4 is 0 Å². The molecule has 3 nitrogen and oxygen atoms in total. The van der Waals surface area contributed by atoms with Crippen LogP contribution in [-0.4, -0.2) is 24.4 Å². The standard InChI is InChI=1S/C19H12F12O3/c20-16(21,22)9-1-10(17(23,24)25)4-14(3-9)33-7-13(32)8-34-15-5-11(18(26,27)28)2-12(6-15)19(29,30)31/h1-6,13,32H,7-8H2. The van der Waals surface area contributed by atoms with E-state index in [0.717, 1.165) is 0 Å². The first-order chi connectivity index (χ1) is 15.3. The number of aliphatic hydroxyl groups excluding tert-OH is 1. The van der Waals surface area contributed by atoms with Crippen LogP contribution in [0.25, 0.3) is 0 Å². The first-order valence-electron chi connectivity index (χ1n) is 8.79. The van der Waals surface area contributed by atoms with E-state index in [4.69, 9.17) is 9.47 Å². The molecule has 0 bridgehead atoms. The Balaban J connectivity index is 2.14. The van der Waals surface area contributed by atoms with Gasteiger partial charge in [0.15, 0.2) is 0 Å². The van der Waals surface area contributed by atoms with Crippen LogP contribution < -0.4 is 9.47 Å². The molecule has 0 saturated carbocycles. The zero-order valence-electron chi connectivity index (χ0n) is 16.3. The Morgan fingerprint density at radius 1 is 0.500 bits per heavy atom. The number of aliphatic hydroxyl groups is 1. The second-order valence-electron chi connectivity index (χ2n) is 6.76. The molecule has 0 spiro atoms. The Hall–Kier alpha value is -2.84. The molecule has 15 heteroatoms. The molecular formula is C19H12F12O3. The number of benzene rings is 2. The maximum atomic E-state index is 12.8. The molecular weight excluding hydrogens is 504 g/mol.